The third-order valence-corrected chi connectivity index (χ3v) is 4.14. The highest BCUT2D eigenvalue weighted by atomic mass is 14.1. The molecule has 0 aliphatic carbocycles. The molecule has 0 heterocycles. The highest BCUT2D eigenvalue weighted by Gasteiger charge is 2.06. The van der Waals surface area contributed by atoms with Gasteiger partial charge in [-0.1, -0.05) is 103 Å². The number of allylic oxidation sites excluding steroid dienone is 2. The monoisotopic (exact) mass is 266 g/mol. The van der Waals surface area contributed by atoms with E-state index in [0.717, 1.165) is 5.92 Å². The summed E-state index contributed by atoms with van der Waals surface area (Å²) >= 11 is 0. The van der Waals surface area contributed by atoms with E-state index in [9.17, 15) is 0 Å². The van der Waals surface area contributed by atoms with Crippen LogP contribution in [0.15, 0.2) is 12.2 Å². The molecule has 114 valence electrons. The zero-order valence-corrected chi connectivity index (χ0v) is 13.9. The average Bonchev–Trinajstić information content (AvgIpc) is 2.43. The molecule has 0 nitrogen and oxygen atoms in total. The van der Waals surface area contributed by atoms with E-state index < -0.39 is 0 Å². The van der Waals surface area contributed by atoms with Gasteiger partial charge >= 0.3 is 0 Å². The summed E-state index contributed by atoms with van der Waals surface area (Å²) in [7, 11) is 0. The summed E-state index contributed by atoms with van der Waals surface area (Å²) in [6, 6.07) is 0. The van der Waals surface area contributed by atoms with Crippen LogP contribution >= 0.6 is 0 Å². The molecule has 0 aliphatic heterocycles. The van der Waals surface area contributed by atoms with Crippen LogP contribution in [0.3, 0.4) is 0 Å². The minimum absolute atomic E-state index is 0.958. The molecule has 0 aromatic rings. The van der Waals surface area contributed by atoms with Crippen LogP contribution in [0.25, 0.3) is 0 Å². The molecular weight excluding hydrogens is 228 g/mol. The normalized spacial score (nSPS) is 13.2. The quantitative estimate of drug-likeness (QED) is 0.229. The Morgan fingerprint density at radius 2 is 1.16 bits per heavy atom. The van der Waals surface area contributed by atoms with Crippen LogP contribution in [0.2, 0.25) is 0 Å². The van der Waals surface area contributed by atoms with E-state index in [1.54, 1.807) is 0 Å². The van der Waals surface area contributed by atoms with Gasteiger partial charge in [-0.2, -0.15) is 0 Å². The van der Waals surface area contributed by atoms with E-state index >= 15 is 0 Å². The predicted molar refractivity (Wildman–Crippen MR) is 89.7 cm³/mol. The van der Waals surface area contributed by atoms with Crippen molar-refractivity contribution in [2.45, 2.75) is 104 Å². The fourth-order valence-electron chi connectivity index (χ4n) is 2.78. The van der Waals surface area contributed by atoms with Crippen LogP contribution in [-0.2, 0) is 0 Å². The summed E-state index contributed by atoms with van der Waals surface area (Å²) in [5.41, 5.74) is 0. The van der Waals surface area contributed by atoms with Gasteiger partial charge in [0.05, 0.1) is 0 Å². The average molecular weight is 267 g/mol. The van der Waals surface area contributed by atoms with Crippen molar-refractivity contribution in [3.05, 3.63) is 12.2 Å². The van der Waals surface area contributed by atoms with Gasteiger partial charge in [0.2, 0.25) is 0 Å². The van der Waals surface area contributed by atoms with Crippen LogP contribution in [0.4, 0.5) is 0 Å². The molecule has 0 fully saturated rings. The highest BCUT2D eigenvalue weighted by molar-refractivity contribution is 4.80. The largest absolute Gasteiger partial charge is 0.0917 e. The van der Waals surface area contributed by atoms with E-state index in [4.69, 9.17) is 0 Å². The molecule has 0 aromatic carbocycles. The van der Waals surface area contributed by atoms with Gasteiger partial charge in [-0.3, -0.25) is 0 Å². The molecule has 0 rings (SSSR count). The van der Waals surface area contributed by atoms with Crippen LogP contribution in [-0.4, -0.2) is 0 Å². The lowest BCUT2D eigenvalue weighted by atomic mass is 9.91. The molecule has 0 radical (unpaired) electrons. The first-order valence-corrected chi connectivity index (χ1v) is 8.96. The Morgan fingerprint density at radius 3 is 1.68 bits per heavy atom. The topological polar surface area (TPSA) is 0 Å². The maximum atomic E-state index is 2.38. The molecular formula is C19H38. The molecule has 0 amide bonds. The van der Waals surface area contributed by atoms with Crippen molar-refractivity contribution in [1.82, 2.24) is 0 Å². The fraction of sp³-hybridized carbons (Fsp3) is 0.895. The van der Waals surface area contributed by atoms with Gasteiger partial charge in [-0.05, 0) is 19.3 Å². The summed E-state index contributed by atoms with van der Waals surface area (Å²) in [6.45, 7) is 6.75. The molecule has 0 aromatic heterocycles. The van der Waals surface area contributed by atoms with Crippen molar-refractivity contribution >= 4 is 0 Å². The summed E-state index contributed by atoms with van der Waals surface area (Å²) in [5.74, 6) is 0.958. The lowest BCUT2D eigenvalue weighted by molar-refractivity contribution is 0.407. The van der Waals surface area contributed by atoms with E-state index in [1.165, 1.54) is 83.5 Å². The van der Waals surface area contributed by atoms with Crippen LogP contribution in [0.1, 0.15) is 104 Å². The van der Waals surface area contributed by atoms with Crippen molar-refractivity contribution in [3.63, 3.8) is 0 Å². The number of hydrogen-bond donors (Lipinski definition) is 0. The van der Waals surface area contributed by atoms with Gasteiger partial charge < -0.3 is 0 Å². The molecule has 0 N–H and O–H groups in total. The Labute approximate surface area is 123 Å². The highest BCUT2D eigenvalue weighted by Crippen LogP contribution is 2.22. The molecule has 0 spiro atoms. The first-order chi connectivity index (χ1) is 9.35. The predicted octanol–water partition coefficient (Wildman–Crippen LogP) is 7.29. The zero-order chi connectivity index (χ0) is 14.2. The molecule has 0 saturated carbocycles. The van der Waals surface area contributed by atoms with E-state index in [0.29, 0.717) is 0 Å². The second-order valence-corrected chi connectivity index (χ2v) is 6.08. The lowest BCUT2D eigenvalue weighted by Crippen LogP contribution is -2.00. The second-order valence-electron chi connectivity index (χ2n) is 6.08. The third kappa shape index (κ3) is 14.0. The van der Waals surface area contributed by atoms with Crippen molar-refractivity contribution in [2.24, 2.45) is 5.92 Å². The minimum Gasteiger partial charge on any atom is -0.0917 e. The summed E-state index contributed by atoms with van der Waals surface area (Å²) in [6.07, 6.45) is 23.1. The Kier molecular flexibility index (Phi) is 15.6. The number of hydrogen-bond acceptors (Lipinski definition) is 0. The molecule has 0 bridgehead atoms. The van der Waals surface area contributed by atoms with Gasteiger partial charge in [-0.25, -0.2) is 0 Å². The van der Waals surface area contributed by atoms with E-state index in [1.807, 2.05) is 0 Å². The van der Waals surface area contributed by atoms with Crippen molar-refractivity contribution in [2.75, 3.05) is 0 Å². The second kappa shape index (κ2) is 15.8. The summed E-state index contributed by atoms with van der Waals surface area (Å²) in [5, 5.41) is 0. The van der Waals surface area contributed by atoms with Crippen molar-refractivity contribution < 1.29 is 0 Å². The lowest BCUT2D eigenvalue weighted by Gasteiger charge is -2.15. The molecule has 0 saturated heterocycles. The van der Waals surface area contributed by atoms with Crippen molar-refractivity contribution in [3.8, 4) is 0 Å². The molecule has 1 unspecified atom stereocenters. The smallest absolute Gasteiger partial charge is 0.0322 e. The Bertz CT molecular complexity index is 180. The van der Waals surface area contributed by atoms with Crippen LogP contribution in [0, 0.1) is 5.92 Å². The van der Waals surface area contributed by atoms with E-state index in [2.05, 4.69) is 32.9 Å². The Balaban J connectivity index is 3.61. The maximum Gasteiger partial charge on any atom is -0.0322 e. The van der Waals surface area contributed by atoms with Gasteiger partial charge in [0, 0.05) is 0 Å². The Hall–Kier alpha value is -0.260. The minimum atomic E-state index is 0.958. The number of unbranched alkanes of at least 4 members (excludes halogenated alkanes) is 8. The van der Waals surface area contributed by atoms with Gasteiger partial charge in [0.25, 0.3) is 0 Å². The van der Waals surface area contributed by atoms with Gasteiger partial charge in [0.1, 0.15) is 0 Å². The van der Waals surface area contributed by atoms with Gasteiger partial charge in [-0.15, -0.1) is 0 Å². The van der Waals surface area contributed by atoms with Crippen LogP contribution < -0.4 is 0 Å². The Morgan fingerprint density at radius 1 is 0.684 bits per heavy atom. The van der Waals surface area contributed by atoms with Crippen LogP contribution in [0.5, 0.6) is 0 Å². The molecule has 0 heteroatoms. The SMILES string of the molecule is CC=CCC(CCCCCC)CCCCCCCC. The fourth-order valence-corrected chi connectivity index (χ4v) is 2.78. The van der Waals surface area contributed by atoms with E-state index in [-0.39, 0.29) is 0 Å². The van der Waals surface area contributed by atoms with Gasteiger partial charge in [0.15, 0.2) is 0 Å². The molecule has 1 atom stereocenters. The maximum absolute atomic E-state index is 2.38. The third-order valence-electron chi connectivity index (χ3n) is 4.14. The van der Waals surface area contributed by atoms with Crippen molar-refractivity contribution in [1.29, 1.82) is 0 Å². The number of rotatable bonds is 14. The zero-order valence-electron chi connectivity index (χ0n) is 13.9. The summed E-state index contributed by atoms with van der Waals surface area (Å²) < 4.78 is 0. The standard InChI is InChI=1S/C19H38/c1-4-7-10-12-13-15-18-19(16-9-6-3)17-14-11-8-5-2/h6,9,19H,4-5,7-8,10-18H2,1-3H3. The molecule has 0 aliphatic rings. The summed E-state index contributed by atoms with van der Waals surface area (Å²) in [4.78, 5) is 0. The first kappa shape index (κ1) is 18.7. The first-order valence-electron chi connectivity index (χ1n) is 8.96. The molecule has 19 heavy (non-hydrogen) atoms.